The maximum atomic E-state index is 14.1. The van der Waals surface area contributed by atoms with Gasteiger partial charge in [0, 0.05) is 31.0 Å². The second-order valence-corrected chi connectivity index (χ2v) is 16.9. The summed E-state index contributed by atoms with van der Waals surface area (Å²) in [7, 11) is -4.03. The molecule has 2 aromatic carbocycles. The molecule has 11 nitrogen and oxygen atoms in total. The molecule has 13 heteroatoms. The number of carbonyl (C=O) groups is 1. The molecule has 47 heavy (non-hydrogen) atoms. The molecule has 1 amide bonds. The second kappa shape index (κ2) is 14.1. The summed E-state index contributed by atoms with van der Waals surface area (Å²) in [6.45, 7) is 8.68. The van der Waals surface area contributed by atoms with Crippen LogP contribution in [0.1, 0.15) is 39.7 Å². The number of benzene rings is 2. The highest BCUT2D eigenvalue weighted by molar-refractivity contribution is 7.89. The first kappa shape index (κ1) is 34.2. The van der Waals surface area contributed by atoms with E-state index in [1.54, 1.807) is 18.2 Å². The molecule has 3 aliphatic rings. The lowest BCUT2D eigenvalue weighted by atomic mass is 9.84. The molecular weight excluding hydrogens is 641 g/mol. The lowest BCUT2D eigenvalue weighted by Gasteiger charge is -2.33. The van der Waals surface area contributed by atoms with Gasteiger partial charge in [0.15, 0.2) is 11.4 Å². The number of aromatic nitrogens is 1. The number of amides is 1. The monoisotopic (exact) mass is 686 g/mol. The lowest BCUT2D eigenvalue weighted by molar-refractivity contribution is -0.170. The molecule has 256 valence electrons. The minimum absolute atomic E-state index is 0.0312. The Morgan fingerprint density at radius 3 is 2.51 bits per heavy atom. The van der Waals surface area contributed by atoms with E-state index in [1.807, 2.05) is 58.0 Å². The summed E-state index contributed by atoms with van der Waals surface area (Å²) in [5, 5.41) is 30.0. The molecule has 2 bridgehead atoms. The molecule has 3 fully saturated rings. The number of rotatable bonds is 14. The molecule has 1 aromatic heterocycles. The topological polar surface area (TPSA) is 150 Å². The fourth-order valence-electron chi connectivity index (χ4n) is 7.39. The highest BCUT2D eigenvalue weighted by atomic mass is 32.2. The molecule has 6 rings (SSSR count). The summed E-state index contributed by atoms with van der Waals surface area (Å²) in [6.07, 6.45) is -1.73. The molecule has 8 atom stereocenters. The number of carbonyl (C=O) groups excluding carboxylic acids is 1. The van der Waals surface area contributed by atoms with Crippen molar-refractivity contribution in [3.63, 3.8) is 0 Å². The van der Waals surface area contributed by atoms with E-state index in [9.17, 15) is 23.4 Å². The first-order valence-corrected chi connectivity index (χ1v) is 18.8. The van der Waals surface area contributed by atoms with Crippen molar-refractivity contribution in [2.75, 3.05) is 31.6 Å². The van der Waals surface area contributed by atoms with Crippen LogP contribution in [0, 0.1) is 29.6 Å². The van der Waals surface area contributed by atoms with E-state index < -0.39 is 34.2 Å². The van der Waals surface area contributed by atoms with Gasteiger partial charge in [0.1, 0.15) is 6.10 Å². The molecule has 1 saturated carbocycles. The number of ether oxygens (including phenoxy) is 2. The summed E-state index contributed by atoms with van der Waals surface area (Å²) in [5.74, 6) is -0.655. The van der Waals surface area contributed by atoms with Crippen molar-refractivity contribution in [2.24, 2.45) is 29.6 Å². The van der Waals surface area contributed by atoms with Crippen molar-refractivity contribution < 1.29 is 32.9 Å². The number of nitrogens with one attached hydrogen (secondary N) is 2. The normalized spacial score (nSPS) is 25.9. The largest absolute Gasteiger partial charge is 0.390 e. The van der Waals surface area contributed by atoms with Gasteiger partial charge in [0.05, 0.1) is 40.5 Å². The second-order valence-electron chi connectivity index (χ2n) is 13.9. The van der Waals surface area contributed by atoms with Gasteiger partial charge in [-0.1, -0.05) is 55.5 Å². The van der Waals surface area contributed by atoms with E-state index in [0.29, 0.717) is 18.7 Å². The van der Waals surface area contributed by atoms with Gasteiger partial charge in [-0.25, -0.2) is 13.4 Å². The molecule has 1 aliphatic carbocycles. The van der Waals surface area contributed by atoms with Gasteiger partial charge in [-0.15, -0.1) is 0 Å². The fourth-order valence-corrected chi connectivity index (χ4v) is 10.2. The lowest BCUT2D eigenvalue weighted by Crippen LogP contribution is -2.54. The van der Waals surface area contributed by atoms with Gasteiger partial charge >= 0.3 is 0 Å². The maximum absolute atomic E-state index is 14.1. The van der Waals surface area contributed by atoms with Crippen molar-refractivity contribution in [1.29, 1.82) is 0 Å². The highest BCUT2D eigenvalue weighted by Gasteiger charge is 2.57. The summed E-state index contributed by atoms with van der Waals surface area (Å²) < 4.78 is 41.9. The van der Waals surface area contributed by atoms with Crippen LogP contribution in [0.4, 0.5) is 5.13 Å². The third-order valence-corrected chi connectivity index (χ3v) is 12.3. The number of thiazole rings is 1. The molecule has 3 heterocycles. The number of sulfonamides is 1. The summed E-state index contributed by atoms with van der Waals surface area (Å²) >= 11 is 1.39. The molecule has 2 aliphatic heterocycles. The average Bonchev–Trinajstić information content (AvgIpc) is 3.70. The first-order chi connectivity index (χ1) is 22.4. The molecule has 0 spiro atoms. The van der Waals surface area contributed by atoms with Crippen molar-refractivity contribution >= 4 is 42.6 Å². The van der Waals surface area contributed by atoms with Crippen LogP contribution in [0.2, 0.25) is 0 Å². The number of fused-ring (bicyclic) bond motifs is 2. The van der Waals surface area contributed by atoms with Crippen LogP contribution in [0.25, 0.3) is 10.2 Å². The zero-order chi connectivity index (χ0) is 33.5. The minimum atomic E-state index is -4.03. The Morgan fingerprint density at radius 2 is 1.79 bits per heavy atom. The number of nitrogens with zero attached hydrogens (tertiary/aromatic N) is 2. The van der Waals surface area contributed by atoms with Crippen molar-refractivity contribution in [3.05, 3.63) is 54.1 Å². The average molecular weight is 687 g/mol. The van der Waals surface area contributed by atoms with Crippen LogP contribution in [-0.4, -0.2) is 90.7 Å². The summed E-state index contributed by atoms with van der Waals surface area (Å²) in [4.78, 5) is 18.4. The number of aliphatic hydroxyl groups is 2. The van der Waals surface area contributed by atoms with E-state index in [-0.39, 0.29) is 66.3 Å². The minimum Gasteiger partial charge on any atom is -0.390 e. The van der Waals surface area contributed by atoms with Crippen molar-refractivity contribution in [2.45, 2.75) is 76.0 Å². The molecule has 0 radical (unpaired) electrons. The van der Waals surface area contributed by atoms with E-state index in [1.165, 1.54) is 15.6 Å². The third-order valence-electron chi connectivity index (χ3n) is 9.53. The molecule has 3 aromatic rings. The Bertz CT molecular complexity index is 1650. The predicted octanol–water partition coefficient (Wildman–Crippen LogP) is 3.47. The summed E-state index contributed by atoms with van der Waals surface area (Å²) in [5.41, 5.74) is 1.57. The Balaban J connectivity index is 1.23. The first-order valence-electron chi connectivity index (χ1n) is 16.5. The van der Waals surface area contributed by atoms with Crippen LogP contribution in [0.15, 0.2) is 53.4 Å². The smallest absolute Gasteiger partial charge is 0.249 e. The van der Waals surface area contributed by atoms with Crippen LogP contribution in [0.5, 0.6) is 0 Å². The quantitative estimate of drug-likeness (QED) is 0.200. The van der Waals surface area contributed by atoms with E-state index in [0.717, 1.165) is 21.8 Å². The van der Waals surface area contributed by atoms with Gasteiger partial charge in [0.2, 0.25) is 15.9 Å². The number of hydrogen-bond acceptors (Lipinski definition) is 10. The van der Waals surface area contributed by atoms with Gasteiger partial charge in [-0.05, 0) is 68.2 Å². The van der Waals surface area contributed by atoms with Gasteiger partial charge < -0.3 is 30.3 Å². The Labute approximate surface area is 280 Å². The van der Waals surface area contributed by atoms with Crippen molar-refractivity contribution in [1.82, 2.24) is 14.6 Å². The van der Waals surface area contributed by atoms with Crippen molar-refractivity contribution in [3.8, 4) is 0 Å². The van der Waals surface area contributed by atoms with Crippen LogP contribution < -0.4 is 10.6 Å². The molecular formula is C34H46N4O7S2. The molecule has 2 unspecified atom stereocenters. The van der Waals surface area contributed by atoms with E-state index in [2.05, 4.69) is 15.6 Å². The number of anilines is 1. The van der Waals surface area contributed by atoms with Crippen LogP contribution >= 0.6 is 11.3 Å². The van der Waals surface area contributed by atoms with Gasteiger partial charge in [-0.2, -0.15) is 4.31 Å². The predicted molar refractivity (Wildman–Crippen MR) is 180 cm³/mol. The van der Waals surface area contributed by atoms with Crippen LogP contribution in [0.3, 0.4) is 0 Å². The van der Waals surface area contributed by atoms with E-state index in [4.69, 9.17) is 9.47 Å². The Kier molecular flexibility index (Phi) is 10.2. The SMILES string of the molecule is CC(C)CN(C[C@@H](O)[C@H](Cc1ccccc1)NC(=O)[C@@H](O)[C@H]1C2CO[C@H]3OC[C@@H]1C3C2)S(=O)(=O)c1ccc2nc(NC(C)C)sc2c1. The molecule has 4 N–H and O–H groups in total. The zero-order valence-corrected chi connectivity index (χ0v) is 28.9. The van der Waals surface area contributed by atoms with E-state index >= 15 is 0 Å². The number of hydrogen-bond donors (Lipinski definition) is 4. The fraction of sp³-hybridized carbons (Fsp3) is 0.588. The highest BCUT2D eigenvalue weighted by Crippen LogP contribution is 2.52. The Morgan fingerprint density at radius 1 is 1.04 bits per heavy atom. The van der Waals surface area contributed by atoms with Gasteiger partial charge in [-0.3, -0.25) is 4.79 Å². The third kappa shape index (κ3) is 7.36. The zero-order valence-electron chi connectivity index (χ0n) is 27.3. The standard InChI is InChI=1S/C34H46N4O7S2/c1-19(2)15-38(47(42,43)23-10-11-26-29(14-23)46-34(37-26)35-20(3)4)16-28(39)27(12-21-8-6-5-7-9-21)36-32(41)31(40)30-22-13-24-25(30)18-45-33(24)44-17-22/h5-11,14,19-20,22,24-25,27-28,30-31,33,39-40H,12-13,15-18H2,1-4H3,(H,35,37)(H,36,41)/t22?,24?,25-,27+,28-,30+,31+,33+/m1/s1. The molecule has 2 saturated heterocycles. The Hall–Kier alpha value is -2.65. The maximum Gasteiger partial charge on any atom is 0.249 e. The summed E-state index contributed by atoms with van der Waals surface area (Å²) in [6, 6.07) is 13.6. The number of aliphatic hydroxyl groups excluding tert-OH is 2. The van der Waals surface area contributed by atoms with Crippen LogP contribution in [-0.2, 0) is 30.7 Å². The van der Waals surface area contributed by atoms with Gasteiger partial charge in [0.25, 0.3) is 0 Å².